The van der Waals surface area contributed by atoms with Crippen molar-refractivity contribution in [2.45, 2.75) is 97.5 Å². The van der Waals surface area contributed by atoms with Gasteiger partial charge in [-0.3, -0.25) is 0 Å². The first-order chi connectivity index (χ1) is 9.61. The molecule has 1 unspecified atom stereocenters. The highest BCUT2D eigenvalue weighted by molar-refractivity contribution is 5.87. The molecule has 0 spiro atoms. The zero-order valence-electron chi connectivity index (χ0n) is 13.9. The van der Waals surface area contributed by atoms with Crippen molar-refractivity contribution in [3.8, 4) is 0 Å². The second-order valence-electron chi connectivity index (χ2n) is 5.86. The predicted octanol–water partition coefficient (Wildman–Crippen LogP) is 5.81. The molecule has 0 saturated carbocycles. The summed E-state index contributed by atoms with van der Waals surface area (Å²) in [6.07, 6.45) is 13.5. The Balaban J connectivity index is 3.80. The summed E-state index contributed by atoms with van der Waals surface area (Å²) in [5.41, 5.74) is 0.506. The molecule has 1 atom stereocenters. The summed E-state index contributed by atoms with van der Waals surface area (Å²) in [5, 5.41) is 0. The van der Waals surface area contributed by atoms with Crippen LogP contribution in [0, 0.1) is 0 Å². The number of hydrogen-bond donors (Lipinski definition) is 0. The van der Waals surface area contributed by atoms with Crippen LogP contribution in [0.25, 0.3) is 0 Å². The third kappa shape index (κ3) is 11.1. The van der Waals surface area contributed by atoms with Gasteiger partial charge in [-0.1, -0.05) is 71.8 Å². The molecule has 0 aliphatic carbocycles. The van der Waals surface area contributed by atoms with Crippen LogP contribution in [-0.2, 0) is 9.53 Å². The van der Waals surface area contributed by atoms with Gasteiger partial charge < -0.3 is 4.74 Å². The Morgan fingerprint density at radius 2 is 1.40 bits per heavy atom. The van der Waals surface area contributed by atoms with Crippen LogP contribution < -0.4 is 0 Å². The Morgan fingerprint density at radius 3 is 1.95 bits per heavy atom. The fraction of sp³-hybridized carbons (Fsp3) is 0.833. The molecule has 0 aromatic heterocycles. The Kier molecular flexibility index (Phi) is 12.7. The van der Waals surface area contributed by atoms with Gasteiger partial charge in [0.15, 0.2) is 0 Å². The van der Waals surface area contributed by atoms with Crippen molar-refractivity contribution in [2.24, 2.45) is 0 Å². The molecule has 0 rings (SSSR count). The molecule has 0 aromatic rings. The van der Waals surface area contributed by atoms with Gasteiger partial charge in [-0.2, -0.15) is 0 Å². The predicted molar refractivity (Wildman–Crippen MR) is 86.8 cm³/mol. The summed E-state index contributed by atoms with van der Waals surface area (Å²) in [6, 6.07) is 0. The standard InChI is InChI=1S/C18H34O2/c1-5-7-9-10-11-12-13-15-17(14-8-6-2)20-18(19)16(3)4/h17H,3,5-15H2,1-2,4H3. The summed E-state index contributed by atoms with van der Waals surface area (Å²) >= 11 is 0. The van der Waals surface area contributed by atoms with Crippen molar-refractivity contribution in [1.82, 2.24) is 0 Å². The lowest BCUT2D eigenvalue weighted by Gasteiger charge is -2.17. The van der Waals surface area contributed by atoms with Crippen LogP contribution >= 0.6 is 0 Å². The van der Waals surface area contributed by atoms with Crippen LogP contribution in [-0.4, -0.2) is 12.1 Å². The molecule has 0 heterocycles. The van der Waals surface area contributed by atoms with Crippen LogP contribution in [0.1, 0.15) is 91.4 Å². The Morgan fingerprint density at radius 1 is 0.900 bits per heavy atom. The molecule has 0 fully saturated rings. The highest BCUT2D eigenvalue weighted by Crippen LogP contribution is 2.16. The summed E-state index contributed by atoms with van der Waals surface area (Å²) in [7, 11) is 0. The smallest absolute Gasteiger partial charge is 0.333 e. The maximum absolute atomic E-state index is 11.6. The number of unbranched alkanes of at least 4 members (excludes halogenated alkanes) is 7. The Labute approximate surface area is 126 Å². The van der Waals surface area contributed by atoms with E-state index < -0.39 is 0 Å². The number of esters is 1. The normalized spacial score (nSPS) is 12.2. The van der Waals surface area contributed by atoms with E-state index in [2.05, 4.69) is 20.4 Å². The van der Waals surface area contributed by atoms with E-state index in [0.29, 0.717) is 5.57 Å². The summed E-state index contributed by atoms with van der Waals surface area (Å²) < 4.78 is 5.52. The van der Waals surface area contributed by atoms with Crippen molar-refractivity contribution >= 4 is 5.97 Å². The molecule has 0 aromatic carbocycles. The van der Waals surface area contributed by atoms with Gasteiger partial charge in [-0.15, -0.1) is 0 Å². The maximum atomic E-state index is 11.6. The van der Waals surface area contributed by atoms with Crippen molar-refractivity contribution in [3.05, 3.63) is 12.2 Å². The first-order valence-electron chi connectivity index (χ1n) is 8.48. The van der Waals surface area contributed by atoms with E-state index in [1.165, 1.54) is 44.9 Å². The average Bonchev–Trinajstić information content (AvgIpc) is 2.43. The monoisotopic (exact) mass is 282 g/mol. The first kappa shape index (κ1) is 19.2. The van der Waals surface area contributed by atoms with Crippen LogP contribution in [0.3, 0.4) is 0 Å². The highest BCUT2D eigenvalue weighted by Gasteiger charge is 2.14. The minimum absolute atomic E-state index is 0.0924. The summed E-state index contributed by atoms with van der Waals surface area (Å²) in [5.74, 6) is -0.228. The number of rotatable bonds is 13. The zero-order valence-corrected chi connectivity index (χ0v) is 13.9. The maximum Gasteiger partial charge on any atom is 0.333 e. The van der Waals surface area contributed by atoms with E-state index in [0.717, 1.165) is 25.7 Å². The Hall–Kier alpha value is -0.790. The second kappa shape index (κ2) is 13.2. The van der Waals surface area contributed by atoms with Gasteiger partial charge >= 0.3 is 5.97 Å². The molecule has 118 valence electrons. The second-order valence-corrected chi connectivity index (χ2v) is 5.86. The van der Waals surface area contributed by atoms with Gasteiger partial charge in [-0.25, -0.2) is 4.79 Å². The Bertz CT molecular complexity index is 258. The summed E-state index contributed by atoms with van der Waals surface area (Å²) in [6.45, 7) is 9.78. The van der Waals surface area contributed by atoms with E-state index in [1.807, 2.05) is 0 Å². The third-order valence-corrected chi connectivity index (χ3v) is 3.63. The molecule has 20 heavy (non-hydrogen) atoms. The van der Waals surface area contributed by atoms with Gasteiger partial charge in [0.2, 0.25) is 0 Å². The van der Waals surface area contributed by atoms with E-state index in [4.69, 9.17) is 4.74 Å². The molecule has 0 N–H and O–H groups in total. The largest absolute Gasteiger partial charge is 0.459 e. The zero-order chi connectivity index (χ0) is 15.2. The number of hydrogen-bond acceptors (Lipinski definition) is 2. The average molecular weight is 282 g/mol. The third-order valence-electron chi connectivity index (χ3n) is 3.63. The summed E-state index contributed by atoms with van der Waals surface area (Å²) in [4.78, 5) is 11.6. The van der Waals surface area contributed by atoms with Crippen molar-refractivity contribution in [3.63, 3.8) is 0 Å². The van der Waals surface area contributed by atoms with Gasteiger partial charge in [0.1, 0.15) is 6.10 Å². The minimum atomic E-state index is -0.228. The van der Waals surface area contributed by atoms with E-state index in [1.54, 1.807) is 6.92 Å². The lowest BCUT2D eigenvalue weighted by Crippen LogP contribution is -2.18. The van der Waals surface area contributed by atoms with Gasteiger partial charge in [0.05, 0.1) is 0 Å². The molecular weight excluding hydrogens is 248 g/mol. The number of carbonyl (C=O) groups is 1. The molecule has 2 heteroatoms. The molecule has 0 aliphatic heterocycles. The molecule has 0 bridgehead atoms. The van der Waals surface area contributed by atoms with E-state index in [-0.39, 0.29) is 12.1 Å². The lowest BCUT2D eigenvalue weighted by molar-refractivity contribution is -0.145. The van der Waals surface area contributed by atoms with Crippen LogP contribution in [0.5, 0.6) is 0 Å². The SMILES string of the molecule is C=C(C)C(=O)OC(CCCC)CCCCCCCCC. The minimum Gasteiger partial charge on any atom is -0.459 e. The van der Waals surface area contributed by atoms with Crippen LogP contribution in [0.2, 0.25) is 0 Å². The first-order valence-corrected chi connectivity index (χ1v) is 8.48. The fourth-order valence-electron chi connectivity index (χ4n) is 2.28. The fourth-order valence-corrected chi connectivity index (χ4v) is 2.28. The lowest BCUT2D eigenvalue weighted by atomic mass is 10.0. The van der Waals surface area contributed by atoms with Crippen LogP contribution in [0.4, 0.5) is 0 Å². The topological polar surface area (TPSA) is 26.3 Å². The van der Waals surface area contributed by atoms with Gasteiger partial charge in [0, 0.05) is 5.57 Å². The molecule has 2 nitrogen and oxygen atoms in total. The molecular formula is C18H34O2. The van der Waals surface area contributed by atoms with E-state index in [9.17, 15) is 4.79 Å². The van der Waals surface area contributed by atoms with Crippen molar-refractivity contribution in [1.29, 1.82) is 0 Å². The van der Waals surface area contributed by atoms with Crippen molar-refractivity contribution < 1.29 is 9.53 Å². The molecule has 0 aliphatic rings. The highest BCUT2D eigenvalue weighted by atomic mass is 16.5. The molecule has 0 saturated heterocycles. The van der Waals surface area contributed by atoms with Gasteiger partial charge in [0.25, 0.3) is 0 Å². The quantitative estimate of drug-likeness (QED) is 0.242. The molecule has 0 amide bonds. The van der Waals surface area contributed by atoms with Crippen LogP contribution in [0.15, 0.2) is 12.2 Å². The van der Waals surface area contributed by atoms with E-state index >= 15 is 0 Å². The number of ether oxygens (including phenoxy) is 1. The van der Waals surface area contributed by atoms with Gasteiger partial charge in [-0.05, 0) is 26.2 Å². The van der Waals surface area contributed by atoms with Crippen molar-refractivity contribution in [2.75, 3.05) is 0 Å². The molecule has 0 radical (unpaired) electrons. The number of carbonyl (C=O) groups excluding carboxylic acids is 1.